The number of fused-ring (bicyclic) bond motifs is 2. The van der Waals surface area contributed by atoms with Crippen LogP contribution in [-0.2, 0) is 21.2 Å². The van der Waals surface area contributed by atoms with Crippen molar-refractivity contribution in [2.75, 3.05) is 22.9 Å². The second-order valence-corrected chi connectivity index (χ2v) is 8.62. The minimum absolute atomic E-state index is 0.177. The summed E-state index contributed by atoms with van der Waals surface area (Å²) in [5.41, 5.74) is 0.711. The zero-order chi connectivity index (χ0) is 22.0. The van der Waals surface area contributed by atoms with E-state index in [2.05, 4.69) is 0 Å². The summed E-state index contributed by atoms with van der Waals surface area (Å²) < 4.78 is 40.1. The van der Waals surface area contributed by atoms with E-state index in [9.17, 15) is 22.8 Å². The fourth-order valence-corrected chi connectivity index (χ4v) is 5.12. The number of carboxylic acids is 1. The molecule has 31 heavy (non-hydrogen) atoms. The van der Waals surface area contributed by atoms with Gasteiger partial charge in [0.1, 0.15) is 0 Å². The minimum Gasteiger partial charge on any atom is -0.481 e. The number of carboxylic acid groups (broad SMARTS) is 1. The lowest BCUT2D eigenvalue weighted by Crippen LogP contribution is -2.50. The predicted molar refractivity (Wildman–Crippen MR) is 109 cm³/mol. The van der Waals surface area contributed by atoms with Crippen LogP contribution in [0.3, 0.4) is 0 Å². The average Bonchev–Trinajstić information content (AvgIpc) is 3.25. The molecule has 0 radical (unpaired) electrons. The van der Waals surface area contributed by atoms with Crippen LogP contribution in [0.4, 0.5) is 30.2 Å². The Morgan fingerprint density at radius 3 is 2.35 bits per heavy atom. The molecule has 0 bridgehead atoms. The van der Waals surface area contributed by atoms with E-state index in [1.807, 2.05) is 17.0 Å². The van der Waals surface area contributed by atoms with Gasteiger partial charge < -0.3 is 10.0 Å². The van der Waals surface area contributed by atoms with E-state index in [1.54, 1.807) is 17.0 Å². The van der Waals surface area contributed by atoms with Crippen LogP contribution in [0.15, 0.2) is 42.5 Å². The lowest BCUT2D eigenvalue weighted by molar-refractivity contribution is -0.142. The highest BCUT2D eigenvalue weighted by atomic mass is 19.4. The molecule has 0 aromatic heterocycles. The van der Waals surface area contributed by atoms with E-state index in [0.717, 1.165) is 30.7 Å². The highest BCUT2D eigenvalue weighted by Crippen LogP contribution is 2.54. The zero-order valence-electron chi connectivity index (χ0n) is 16.7. The second-order valence-electron chi connectivity index (χ2n) is 8.62. The maximum atomic E-state index is 13.6. The first-order chi connectivity index (χ1) is 14.7. The van der Waals surface area contributed by atoms with Crippen LogP contribution in [0, 0.1) is 5.92 Å². The van der Waals surface area contributed by atoms with Crippen molar-refractivity contribution in [3.8, 4) is 0 Å². The molecule has 2 fully saturated rings. The van der Waals surface area contributed by atoms with Crippen molar-refractivity contribution < 1.29 is 27.9 Å². The molecule has 2 aliphatic heterocycles. The first kappa shape index (κ1) is 19.9. The molecule has 162 valence electrons. The largest absolute Gasteiger partial charge is 0.481 e. The molecular weight excluding hydrogens is 409 g/mol. The highest BCUT2D eigenvalue weighted by Gasteiger charge is 2.53. The number of benzene rings is 2. The molecule has 5 nitrogen and oxygen atoms in total. The second kappa shape index (κ2) is 6.73. The van der Waals surface area contributed by atoms with Gasteiger partial charge in [0.2, 0.25) is 5.91 Å². The van der Waals surface area contributed by atoms with Gasteiger partial charge in [0.15, 0.2) is 0 Å². The number of amides is 1. The third-order valence-electron chi connectivity index (χ3n) is 6.83. The number of carbonyl (C=O) groups is 2. The topological polar surface area (TPSA) is 60.9 Å². The maximum Gasteiger partial charge on any atom is 0.416 e. The molecule has 1 amide bonds. The Labute approximate surface area is 177 Å². The van der Waals surface area contributed by atoms with E-state index in [1.165, 1.54) is 6.07 Å². The Bertz CT molecular complexity index is 1070. The summed E-state index contributed by atoms with van der Waals surface area (Å²) in [5, 5.41) is 9.11. The molecule has 2 aromatic carbocycles. The monoisotopic (exact) mass is 430 g/mol. The van der Waals surface area contributed by atoms with Gasteiger partial charge in [-0.05, 0) is 54.8 Å². The quantitative estimate of drug-likeness (QED) is 0.766. The fraction of sp³-hybridized carbons (Fsp3) is 0.391. The molecule has 1 saturated heterocycles. The van der Waals surface area contributed by atoms with Gasteiger partial charge in [0, 0.05) is 18.8 Å². The van der Waals surface area contributed by atoms with Crippen LogP contribution in [0.5, 0.6) is 0 Å². The molecule has 0 unspecified atom stereocenters. The number of halogens is 3. The zero-order valence-corrected chi connectivity index (χ0v) is 16.7. The molecular formula is C23H21F3N2O3. The Morgan fingerprint density at radius 2 is 1.71 bits per heavy atom. The molecule has 2 aromatic rings. The molecule has 1 saturated carbocycles. The third kappa shape index (κ3) is 2.99. The standard InChI is InChI=1S/C23H21F3N2O3/c24-23(25,26)15-6-7-19-18(10-15)22(8-1-2-9-22)21(31)28(19)17-5-3-4-16(11-17)27-12-14(13-27)20(29)30/h3-7,10-11,14H,1-2,8-9,12-13H2,(H,29,30). The van der Waals surface area contributed by atoms with Gasteiger partial charge in [-0.1, -0.05) is 18.9 Å². The van der Waals surface area contributed by atoms with Crippen molar-refractivity contribution in [2.24, 2.45) is 5.92 Å². The van der Waals surface area contributed by atoms with Crippen molar-refractivity contribution in [1.82, 2.24) is 0 Å². The third-order valence-corrected chi connectivity index (χ3v) is 6.83. The van der Waals surface area contributed by atoms with Crippen LogP contribution >= 0.6 is 0 Å². The van der Waals surface area contributed by atoms with E-state index in [-0.39, 0.29) is 5.91 Å². The van der Waals surface area contributed by atoms with Gasteiger partial charge in [0.25, 0.3) is 0 Å². The number of hydrogen-bond acceptors (Lipinski definition) is 3. The number of anilines is 3. The first-order valence-electron chi connectivity index (χ1n) is 10.3. The number of alkyl halides is 3. The summed E-state index contributed by atoms with van der Waals surface area (Å²) in [6.07, 6.45) is -1.77. The van der Waals surface area contributed by atoms with Crippen LogP contribution in [0.2, 0.25) is 0 Å². The average molecular weight is 430 g/mol. The molecule has 0 atom stereocenters. The Hall–Kier alpha value is -3.03. The van der Waals surface area contributed by atoms with Crippen LogP contribution in [0.25, 0.3) is 0 Å². The molecule has 1 N–H and O–H groups in total. The Balaban J connectivity index is 1.55. The maximum absolute atomic E-state index is 13.6. The van der Waals surface area contributed by atoms with E-state index < -0.39 is 29.0 Å². The summed E-state index contributed by atoms with van der Waals surface area (Å²) in [6.45, 7) is 0.782. The number of rotatable bonds is 3. The molecule has 5 rings (SSSR count). The van der Waals surface area contributed by atoms with E-state index in [0.29, 0.717) is 42.9 Å². The molecule has 8 heteroatoms. The van der Waals surface area contributed by atoms with Crippen LogP contribution < -0.4 is 9.80 Å². The highest BCUT2D eigenvalue weighted by molar-refractivity contribution is 6.13. The van der Waals surface area contributed by atoms with Crippen LogP contribution in [0.1, 0.15) is 36.8 Å². The van der Waals surface area contributed by atoms with Gasteiger partial charge >= 0.3 is 12.1 Å². The SMILES string of the molecule is O=C(O)C1CN(c2cccc(N3C(=O)C4(CCCC4)c4cc(C(F)(F)F)ccc43)c2)C1. The van der Waals surface area contributed by atoms with Crippen molar-refractivity contribution in [3.05, 3.63) is 53.6 Å². The van der Waals surface area contributed by atoms with Gasteiger partial charge in [0.05, 0.1) is 28.3 Å². The summed E-state index contributed by atoms with van der Waals surface area (Å²) in [5.74, 6) is -1.43. The normalized spacial score (nSPS) is 20.3. The Kier molecular flexibility index (Phi) is 4.32. The van der Waals surface area contributed by atoms with E-state index >= 15 is 0 Å². The Morgan fingerprint density at radius 1 is 1.03 bits per heavy atom. The summed E-state index contributed by atoms with van der Waals surface area (Å²) >= 11 is 0. The number of nitrogens with zero attached hydrogens (tertiary/aromatic N) is 2. The summed E-state index contributed by atoms with van der Waals surface area (Å²) in [4.78, 5) is 28.2. The fourth-order valence-electron chi connectivity index (χ4n) is 5.12. The lowest BCUT2D eigenvalue weighted by Gasteiger charge is -2.39. The smallest absolute Gasteiger partial charge is 0.416 e. The number of aliphatic carboxylic acids is 1. The predicted octanol–water partition coefficient (Wildman–Crippen LogP) is 4.72. The van der Waals surface area contributed by atoms with Crippen LogP contribution in [-0.4, -0.2) is 30.1 Å². The van der Waals surface area contributed by atoms with Gasteiger partial charge in [-0.15, -0.1) is 0 Å². The molecule has 1 aliphatic carbocycles. The summed E-state index contributed by atoms with van der Waals surface area (Å²) in [6, 6.07) is 10.8. The number of carbonyl (C=O) groups excluding carboxylic acids is 1. The number of hydrogen-bond donors (Lipinski definition) is 1. The van der Waals surface area contributed by atoms with Gasteiger partial charge in [-0.25, -0.2) is 0 Å². The molecule has 3 aliphatic rings. The van der Waals surface area contributed by atoms with Gasteiger partial charge in [-0.3, -0.25) is 14.5 Å². The lowest BCUT2D eigenvalue weighted by atomic mass is 9.79. The molecule has 1 spiro atoms. The first-order valence-corrected chi connectivity index (χ1v) is 10.3. The molecule has 2 heterocycles. The summed E-state index contributed by atoms with van der Waals surface area (Å²) in [7, 11) is 0. The van der Waals surface area contributed by atoms with Gasteiger partial charge in [-0.2, -0.15) is 13.2 Å². The van der Waals surface area contributed by atoms with Crippen molar-refractivity contribution in [2.45, 2.75) is 37.3 Å². The van der Waals surface area contributed by atoms with Crippen molar-refractivity contribution in [3.63, 3.8) is 0 Å². The van der Waals surface area contributed by atoms with E-state index in [4.69, 9.17) is 5.11 Å². The van der Waals surface area contributed by atoms with Crippen molar-refractivity contribution in [1.29, 1.82) is 0 Å². The minimum atomic E-state index is -4.47. The van der Waals surface area contributed by atoms with Crippen molar-refractivity contribution >= 4 is 28.9 Å².